The van der Waals surface area contributed by atoms with Crippen LogP contribution < -0.4 is 35.6 Å². The molecule has 0 aliphatic heterocycles. The summed E-state index contributed by atoms with van der Waals surface area (Å²) < 4.78 is 17.1. The summed E-state index contributed by atoms with van der Waals surface area (Å²) in [7, 11) is 4.73. The molecule has 2 aromatic rings. The number of hydrogen-bond acceptors (Lipinski definition) is 7. The highest BCUT2D eigenvalue weighted by Gasteiger charge is 2.29. The normalized spacial score (nSPS) is 13.9. The molecular formula is C32H45N3O6. The molecule has 1 unspecified atom stereocenters. The first-order valence-electron chi connectivity index (χ1n) is 14.5. The monoisotopic (exact) mass is 567 g/mol. The van der Waals surface area contributed by atoms with E-state index in [1.165, 1.54) is 6.92 Å². The summed E-state index contributed by atoms with van der Waals surface area (Å²) in [5.41, 5.74) is 3.64. The van der Waals surface area contributed by atoms with Crippen molar-refractivity contribution in [1.82, 2.24) is 10.6 Å². The number of rotatable bonds is 14. The Labute approximate surface area is 243 Å². The smallest absolute Gasteiger partial charge is 0.219 e. The Morgan fingerprint density at radius 1 is 0.976 bits per heavy atom. The van der Waals surface area contributed by atoms with Crippen molar-refractivity contribution in [3.63, 3.8) is 0 Å². The van der Waals surface area contributed by atoms with Crippen molar-refractivity contribution >= 4 is 17.5 Å². The molecule has 1 aliphatic rings. The molecular weight excluding hydrogens is 522 g/mol. The fourth-order valence-electron chi connectivity index (χ4n) is 5.25. The van der Waals surface area contributed by atoms with E-state index in [1.54, 1.807) is 33.5 Å². The zero-order valence-corrected chi connectivity index (χ0v) is 25.3. The first kappa shape index (κ1) is 31.8. The van der Waals surface area contributed by atoms with Gasteiger partial charge in [-0.1, -0.05) is 26.3 Å². The van der Waals surface area contributed by atoms with Crippen LogP contribution in [0.1, 0.15) is 76.5 Å². The summed E-state index contributed by atoms with van der Waals surface area (Å²) >= 11 is 0. The molecule has 1 atom stereocenters. The number of carbonyl (C=O) groups excluding carboxylic acids is 2. The van der Waals surface area contributed by atoms with Gasteiger partial charge in [0.25, 0.3) is 0 Å². The van der Waals surface area contributed by atoms with Crippen molar-refractivity contribution in [2.45, 2.75) is 71.8 Å². The molecule has 3 N–H and O–H groups in total. The zero-order chi connectivity index (χ0) is 29.9. The second-order valence-corrected chi connectivity index (χ2v) is 10.9. The molecule has 0 aromatic heterocycles. The number of fused-ring (bicyclic) bond motifs is 3. The molecule has 0 bridgehead atoms. The minimum absolute atomic E-state index is 0.0933. The van der Waals surface area contributed by atoms with Crippen LogP contribution in [0.3, 0.4) is 0 Å². The molecule has 0 saturated heterocycles. The lowest BCUT2D eigenvalue weighted by atomic mass is 9.95. The maximum atomic E-state index is 13.4. The summed E-state index contributed by atoms with van der Waals surface area (Å²) in [6.45, 7) is 7.09. The van der Waals surface area contributed by atoms with E-state index in [1.807, 2.05) is 12.1 Å². The number of nitrogens with one attached hydrogen (secondary N) is 3. The molecule has 9 heteroatoms. The van der Waals surface area contributed by atoms with Gasteiger partial charge in [-0.3, -0.25) is 14.4 Å². The van der Waals surface area contributed by atoms with E-state index in [2.05, 4.69) is 29.8 Å². The lowest BCUT2D eigenvalue weighted by Gasteiger charge is -2.19. The molecule has 2 aromatic carbocycles. The quantitative estimate of drug-likeness (QED) is 0.275. The SMILES string of the molecule is COc1cc2c(c(OC)c1OC)-c1ccc(NCCCCCC(=O)NCCC(C)C)c(=O)cc1C(NC(C)=O)CC2. The first-order valence-corrected chi connectivity index (χ1v) is 14.5. The molecule has 0 spiro atoms. The van der Waals surface area contributed by atoms with Crippen LogP contribution in [-0.4, -0.2) is 46.2 Å². The summed E-state index contributed by atoms with van der Waals surface area (Å²) in [4.78, 5) is 37.5. The van der Waals surface area contributed by atoms with Gasteiger partial charge in [0.2, 0.25) is 23.0 Å². The average Bonchev–Trinajstić information content (AvgIpc) is 3.17. The number of methoxy groups -OCH3 is 3. The van der Waals surface area contributed by atoms with Crippen molar-refractivity contribution < 1.29 is 23.8 Å². The second-order valence-electron chi connectivity index (χ2n) is 10.9. The Morgan fingerprint density at radius 3 is 2.39 bits per heavy atom. The molecule has 3 rings (SSSR count). The predicted molar refractivity (Wildman–Crippen MR) is 162 cm³/mol. The topological polar surface area (TPSA) is 115 Å². The van der Waals surface area contributed by atoms with Crippen molar-refractivity contribution in [2.75, 3.05) is 39.7 Å². The Bertz CT molecular complexity index is 1280. The van der Waals surface area contributed by atoms with E-state index in [4.69, 9.17) is 14.2 Å². The number of anilines is 1. The Hall–Kier alpha value is -3.75. The second kappa shape index (κ2) is 15.3. The first-order chi connectivity index (χ1) is 19.7. The van der Waals surface area contributed by atoms with Gasteiger partial charge in [0.15, 0.2) is 11.5 Å². The highest BCUT2D eigenvalue weighted by atomic mass is 16.5. The molecule has 9 nitrogen and oxygen atoms in total. The molecule has 2 amide bonds. The third kappa shape index (κ3) is 8.38. The van der Waals surface area contributed by atoms with Gasteiger partial charge in [0.05, 0.1) is 33.1 Å². The van der Waals surface area contributed by atoms with Crippen LogP contribution in [0.4, 0.5) is 5.69 Å². The van der Waals surface area contributed by atoms with E-state index in [0.29, 0.717) is 54.7 Å². The van der Waals surface area contributed by atoms with E-state index in [9.17, 15) is 14.4 Å². The molecule has 41 heavy (non-hydrogen) atoms. The predicted octanol–water partition coefficient (Wildman–Crippen LogP) is 5.00. The fraction of sp³-hybridized carbons (Fsp3) is 0.531. The summed E-state index contributed by atoms with van der Waals surface area (Å²) in [5, 5.41) is 9.28. The third-order valence-electron chi connectivity index (χ3n) is 7.36. The Kier molecular flexibility index (Phi) is 11.9. The molecule has 0 saturated carbocycles. The van der Waals surface area contributed by atoms with Gasteiger partial charge in [0.1, 0.15) is 0 Å². The molecule has 1 aliphatic carbocycles. The van der Waals surface area contributed by atoms with Gasteiger partial charge < -0.3 is 30.2 Å². The third-order valence-corrected chi connectivity index (χ3v) is 7.36. The number of aryl methyl sites for hydroxylation is 1. The van der Waals surface area contributed by atoms with Gasteiger partial charge in [0, 0.05) is 32.0 Å². The standard InChI is InChI=1S/C32H45N3O6/c1-20(2)15-17-34-29(38)10-8-7-9-16-33-26-14-12-23-24(19-27(26)37)25(35-21(3)36)13-11-22-18-28(39-4)31(40-5)32(41-6)30(22)23/h12,14,18-20,25H,7-11,13,15-17H2,1-6H3,(H,33,37)(H,34,38)(H,35,36). The number of benzene rings is 1. The largest absolute Gasteiger partial charge is 0.493 e. The number of unbranched alkanes of at least 4 members (excludes halogenated alkanes) is 2. The Balaban J connectivity index is 1.83. The van der Waals surface area contributed by atoms with Gasteiger partial charge in [-0.25, -0.2) is 0 Å². The van der Waals surface area contributed by atoms with E-state index < -0.39 is 0 Å². The highest BCUT2D eigenvalue weighted by molar-refractivity contribution is 5.83. The van der Waals surface area contributed by atoms with Crippen LogP contribution in [0.2, 0.25) is 0 Å². The van der Waals surface area contributed by atoms with Crippen molar-refractivity contribution in [1.29, 1.82) is 0 Å². The maximum absolute atomic E-state index is 13.4. The van der Waals surface area contributed by atoms with Gasteiger partial charge in [-0.2, -0.15) is 0 Å². The molecule has 224 valence electrons. The van der Waals surface area contributed by atoms with Crippen molar-refractivity contribution in [3.8, 4) is 28.4 Å². The van der Waals surface area contributed by atoms with Gasteiger partial charge in [-0.15, -0.1) is 0 Å². The lowest BCUT2D eigenvalue weighted by Crippen LogP contribution is -2.26. The average molecular weight is 568 g/mol. The summed E-state index contributed by atoms with van der Waals surface area (Å²) in [6, 6.07) is 6.90. The van der Waals surface area contributed by atoms with Crippen LogP contribution in [-0.2, 0) is 16.0 Å². The van der Waals surface area contributed by atoms with Crippen molar-refractivity contribution in [3.05, 3.63) is 45.6 Å². The number of ether oxygens (including phenoxy) is 3. The van der Waals surface area contributed by atoms with Crippen LogP contribution in [0.25, 0.3) is 11.1 Å². The van der Waals surface area contributed by atoms with Gasteiger partial charge in [-0.05, 0) is 72.9 Å². The zero-order valence-electron chi connectivity index (χ0n) is 25.3. The lowest BCUT2D eigenvalue weighted by molar-refractivity contribution is -0.121. The molecule has 0 radical (unpaired) electrons. The van der Waals surface area contributed by atoms with Crippen LogP contribution in [0.5, 0.6) is 17.2 Å². The minimum Gasteiger partial charge on any atom is -0.493 e. The van der Waals surface area contributed by atoms with E-state index >= 15 is 0 Å². The van der Waals surface area contributed by atoms with Crippen LogP contribution in [0, 0.1) is 5.92 Å². The molecule has 0 fully saturated rings. The Morgan fingerprint density at radius 2 is 1.73 bits per heavy atom. The van der Waals surface area contributed by atoms with E-state index in [-0.39, 0.29) is 23.3 Å². The summed E-state index contributed by atoms with van der Waals surface area (Å²) in [5.74, 6) is 2.05. The highest BCUT2D eigenvalue weighted by Crippen LogP contribution is 2.50. The van der Waals surface area contributed by atoms with Gasteiger partial charge >= 0.3 is 0 Å². The maximum Gasteiger partial charge on any atom is 0.219 e. The van der Waals surface area contributed by atoms with Crippen LogP contribution in [0.15, 0.2) is 29.1 Å². The number of hydrogen-bond donors (Lipinski definition) is 3. The minimum atomic E-state index is -0.351. The fourth-order valence-corrected chi connectivity index (χ4v) is 5.25. The van der Waals surface area contributed by atoms with Crippen LogP contribution >= 0.6 is 0 Å². The van der Waals surface area contributed by atoms with Crippen molar-refractivity contribution in [2.24, 2.45) is 5.92 Å². The summed E-state index contributed by atoms with van der Waals surface area (Å²) in [6.07, 6.45) is 5.26. The number of carbonyl (C=O) groups is 2. The number of amides is 2. The van der Waals surface area contributed by atoms with E-state index in [0.717, 1.165) is 54.5 Å². The molecule has 0 heterocycles.